The van der Waals surface area contributed by atoms with Crippen molar-refractivity contribution in [3.8, 4) is 0 Å². The summed E-state index contributed by atoms with van der Waals surface area (Å²) in [5.74, 6) is 0.750. The zero-order valence-electron chi connectivity index (χ0n) is 10.4. The zero-order chi connectivity index (χ0) is 11.4. The van der Waals surface area contributed by atoms with Gasteiger partial charge in [0.25, 0.3) is 0 Å². The van der Waals surface area contributed by atoms with Crippen LogP contribution in [0.3, 0.4) is 0 Å². The van der Waals surface area contributed by atoms with Crippen LogP contribution >= 0.6 is 0 Å². The molecular formula is C13H23NO2. The van der Waals surface area contributed by atoms with Crippen LogP contribution in [0.5, 0.6) is 0 Å². The lowest BCUT2D eigenvalue weighted by atomic mass is 9.94. The van der Waals surface area contributed by atoms with E-state index in [0.717, 1.165) is 32.0 Å². The molecule has 1 fully saturated rings. The average Bonchev–Trinajstić information content (AvgIpc) is 3.14. The number of hydrogen-bond donors (Lipinski definition) is 1. The number of rotatable bonds is 6. The van der Waals surface area contributed by atoms with Crippen LogP contribution in [-0.2, 0) is 9.47 Å². The van der Waals surface area contributed by atoms with E-state index in [1.54, 1.807) is 0 Å². The standard InChI is InChI=1S/C13H23NO2/c1-3-16-13(10-6-7-10)12(14-2)11-5-4-8-15-9-11/h9-10,12-14H,3-8H2,1-2H3. The topological polar surface area (TPSA) is 30.5 Å². The largest absolute Gasteiger partial charge is 0.501 e. The molecule has 2 aliphatic rings. The fourth-order valence-corrected chi connectivity index (χ4v) is 2.50. The molecule has 0 aromatic heterocycles. The summed E-state index contributed by atoms with van der Waals surface area (Å²) in [6, 6.07) is 0.341. The Morgan fingerprint density at radius 1 is 1.56 bits per heavy atom. The van der Waals surface area contributed by atoms with Gasteiger partial charge in [0.15, 0.2) is 0 Å². The van der Waals surface area contributed by atoms with E-state index in [9.17, 15) is 0 Å². The summed E-state index contributed by atoms with van der Waals surface area (Å²) in [6.45, 7) is 3.74. The molecule has 0 saturated heterocycles. The Kier molecular flexibility index (Phi) is 4.24. The first-order chi connectivity index (χ1) is 7.86. The van der Waals surface area contributed by atoms with Crippen molar-refractivity contribution in [2.75, 3.05) is 20.3 Å². The van der Waals surface area contributed by atoms with Crippen molar-refractivity contribution in [2.45, 2.75) is 44.8 Å². The minimum Gasteiger partial charge on any atom is -0.501 e. The number of ether oxygens (including phenoxy) is 2. The SMILES string of the molecule is CCOC(C1CC1)C(NC)C1=COCCC1. The molecule has 92 valence electrons. The molecule has 0 amide bonds. The highest BCUT2D eigenvalue weighted by Gasteiger charge is 2.38. The Bertz CT molecular complexity index is 248. The third-order valence-corrected chi connectivity index (χ3v) is 3.45. The highest BCUT2D eigenvalue weighted by molar-refractivity contribution is 5.14. The van der Waals surface area contributed by atoms with Gasteiger partial charge in [0.2, 0.25) is 0 Å². The van der Waals surface area contributed by atoms with Crippen LogP contribution in [0.2, 0.25) is 0 Å². The Labute approximate surface area is 98.2 Å². The van der Waals surface area contributed by atoms with E-state index < -0.39 is 0 Å². The molecule has 2 atom stereocenters. The van der Waals surface area contributed by atoms with Gasteiger partial charge in [0, 0.05) is 6.61 Å². The lowest BCUT2D eigenvalue weighted by molar-refractivity contribution is 0.0267. The number of hydrogen-bond acceptors (Lipinski definition) is 3. The van der Waals surface area contributed by atoms with Gasteiger partial charge >= 0.3 is 0 Å². The van der Waals surface area contributed by atoms with Crippen molar-refractivity contribution in [1.29, 1.82) is 0 Å². The van der Waals surface area contributed by atoms with Gasteiger partial charge in [0.1, 0.15) is 0 Å². The quantitative estimate of drug-likeness (QED) is 0.751. The fraction of sp³-hybridized carbons (Fsp3) is 0.846. The van der Waals surface area contributed by atoms with Gasteiger partial charge < -0.3 is 14.8 Å². The van der Waals surface area contributed by atoms with Gasteiger partial charge in [-0.1, -0.05) is 0 Å². The molecule has 3 heteroatoms. The van der Waals surface area contributed by atoms with Crippen LogP contribution in [0, 0.1) is 5.92 Å². The Balaban J connectivity index is 2.02. The molecule has 1 heterocycles. The van der Waals surface area contributed by atoms with Crippen LogP contribution < -0.4 is 5.32 Å². The predicted molar refractivity (Wildman–Crippen MR) is 64.3 cm³/mol. The Morgan fingerprint density at radius 2 is 2.38 bits per heavy atom. The molecule has 0 aromatic carbocycles. The molecule has 3 nitrogen and oxygen atoms in total. The summed E-state index contributed by atoms with van der Waals surface area (Å²) in [5, 5.41) is 3.40. The average molecular weight is 225 g/mol. The van der Waals surface area contributed by atoms with E-state index in [1.165, 1.54) is 18.4 Å². The lowest BCUT2D eigenvalue weighted by Gasteiger charge is -2.30. The van der Waals surface area contributed by atoms with Gasteiger partial charge in [-0.05, 0) is 51.1 Å². The second kappa shape index (κ2) is 5.69. The van der Waals surface area contributed by atoms with Crippen LogP contribution in [0.25, 0.3) is 0 Å². The highest BCUT2D eigenvalue weighted by atomic mass is 16.5. The van der Waals surface area contributed by atoms with Crippen LogP contribution in [-0.4, -0.2) is 32.4 Å². The van der Waals surface area contributed by atoms with Crippen molar-refractivity contribution in [2.24, 2.45) is 5.92 Å². The van der Waals surface area contributed by atoms with Crippen molar-refractivity contribution in [3.63, 3.8) is 0 Å². The third kappa shape index (κ3) is 2.77. The Morgan fingerprint density at radius 3 is 2.88 bits per heavy atom. The van der Waals surface area contributed by atoms with E-state index >= 15 is 0 Å². The smallest absolute Gasteiger partial charge is 0.0876 e. The number of likely N-dealkylation sites (N-methyl/N-ethyl adjacent to an activating group) is 1. The number of nitrogens with one attached hydrogen (secondary N) is 1. The van der Waals surface area contributed by atoms with E-state index in [2.05, 4.69) is 12.2 Å². The molecule has 1 aliphatic carbocycles. The summed E-state index contributed by atoms with van der Waals surface area (Å²) >= 11 is 0. The van der Waals surface area contributed by atoms with E-state index in [4.69, 9.17) is 9.47 Å². The summed E-state index contributed by atoms with van der Waals surface area (Å²) in [4.78, 5) is 0. The normalized spacial score (nSPS) is 24.5. The van der Waals surface area contributed by atoms with Crippen molar-refractivity contribution in [1.82, 2.24) is 5.32 Å². The lowest BCUT2D eigenvalue weighted by Crippen LogP contribution is -2.43. The zero-order valence-corrected chi connectivity index (χ0v) is 10.4. The maximum absolute atomic E-state index is 5.91. The fourth-order valence-electron chi connectivity index (χ4n) is 2.50. The molecule has 16 heavy (non-hydrogen) atoms. The molecular weight excluding hydrogens is 202 g/mol. The van der Waals surface area contributed by atoms with Gasteiger partial charge in [0.05, 0.1) is 25.0 Å². The first-order valence-electron chi connectivity index (χ1n) is 6.46. The third-order valence-electron chi connectivity index (χ3n) is 3.45. The second-order valence-corrected chi connectivity index (χ2v) is 4.69. The van der Waals surface area contributed by atoms with Crippen molar-refractivity contribution in [3.05, 3.63) is 11.8 Å². The second-order valence-electron chi connectivity index (χ2n) is 4.69. The van der Waals surface area contributed by atoms with Crippen molar-refractivity contribution < 1.29 is 9.47 Å². The molecule has 2 unspecified atom stereocenters. The predicted octanol–water partition coefficient (Wildman–Crippen LogP) is 2.08. The Hall–Kier alpha value is -0.540. The maximum Gasteiger partial charge on any atom is 0.0876 e. The minimum atomic E-state index is 0.336. The van der Waals surface area contributed by atoms with E-state index in [-0.39, 0.29) is 0 Å². The summed E-state index contributed by atoms with van der Waals surface area (Å²) in [5.41, 5.74) is 1.37. The highest BCUT2D eigenvalue weighted by Crippen LogP contribution is 2.38. The van der Waals surface area contributed by atoms with Crippen LogP contribution in [0.1, 0.15) is 32.6 Å². The van der Waals surface area contributed by atoms with Gasteiger partial charge in [-0.15, -0.1) is 0 Å². The van der Waals surface area contributed by atoms with Crippen molar-refractivity contribution >= 4 is 0 Å². The van der Waals surface area contributed by atoms with Crippen LogP contribution in [0.15, 0.2) is 11.8 Å². The minimum absolute atomic E-state index is 0.336. The van der Waals surface area contributed by atoms with E-state index in [1.807, 2.05) is 13.3 Å². The first-order valence-corrected chi connectivity index (χ1v) is 6.46. The molecule has 1 saturated carbocycles. The molecule has 0 bridgehead atoms. The molecule has 0 spiro atoms. The van der Waals surface area contributed by atoms with Gasteiger partial charge in [-0.2, -0.15) is 0 Å². The van der Waals surface area contributed by atoms with Gasteiger partial charge in [-0.25, -0.2) is 0 Å². The summed E-state index contributed by atoms with van der Waals surface area (Å²) in [7, 11) is 2.02. The van der Waals surface area contributed by atoms with Crippen LogP contribution in [0.4, 0.5) is 0 Å². The summed E-state index contributed by atoms with van der Waals surface area (Å²) in [6.07, 6.45) is 7.19. The molecule has 2 rings (SSSR count). The molecule has 0 aromatic rings. The van der Waals surface area contributed by atoms with Gasteiger partial charge in [-0.3, -0.25) is 0 Å². The maximum atomic E-state index is 5.91. The molecule has 0 radical (unpaired) electrons. The molecule has 1 N–H and O–H groups in total. The summed E-state index contributed by atoms with van der Waals surface area (Å²) < 4.78 is 11.3. The first kappa shape index (κ1) is 11.9. The molecule has 1 aliphatic heterocycles. The monoisotopic (exact) mass is 225 g/mol. The van der Waals surface area contributed by atoms with E-state index in [0.29, 0.717) is 12.1 Å².